The van der Waals surface area contributed by atoms with Gasteiger partial charge in [0, 0.05) is 11.8 Å². The van der Waals surface area contributed by atoms with Crippen molar-refractivity contribution in [2.75, 3.05) is 7.11 Å². The molecule has 4 aliphatic rings. The molecule has 4 aliphatic carbocycles. The van der Waals surface area contributed by atoms with Gasteiger partial charge in [-0.1, -0.05) is 0 Å². The normalized spacial score (nSPS) is 37.7. The number of hydrogen-bond donors (Lipinski definition) is 0. The van der Waals surface area contributed by atoms with Crippen LogP contribution in [0, 0.1) is 35.0 Å². The highest BCUT2D eigenvalue weighted by Gasteiger charge is 2.49. The maximum absolute atomic E-state index is 8.93. The number of ether oxygens (including phenoxy) is 1. The largest absolute Gasteiger partial charge is 0.481 e. The quantitative estimate of drug-likeness (QED) is 0.828. The molecule has 1 aromatic heterocycles. The molecule has 1 aromatic rings. The first-order chi connectivity index (χ1) is 9.78. The van der Waals surface area contributed by atoms with Crippen molar-refractivity contribution < 1.29 is 4.74 Å². The fourth-order valence-corrected chi connectivity index (χ4v) is 5.25. The van der Waals surface area contributed by atoms with Crippen LogP contribution in [0.3, 0.4) is 0 Å². The number of methoxy groups -OCH3 is 1. The number of nitriles is 1. The van der Waals surface area contributed by atoms with E-state index in [0.717, 1.165) is 29.2 Å². The molecule has 20 heavy (non-hydrogen) atoms. The molecular weight excluding hydrogens is 250 g/mol. The van der Waals surface area contributed by atoms with E-state index in [1.165, 1.54) is 32.1 Å². The molecule has 4 nitrogen and oxygen atoms in total. The van der Waals surface area contributed by atoms with Gasteiger partial charge in [-0.25, -0.2) is 4.98 Å². The van der Waals surface area contributed by atoms with E-state index >= 15 is 0 Å². The third-order valence-electron chi connectivity index (χ3n) is 5.66. The van der Waals surface area contributed by atoms with E-state index in [9.17, 15) is 0 Å². The van der Waals surface area contributed by atoms with Gasteiger partial charge in [-0.15, -0.1) is 0 Å². The summed E-state index contributed by atoms with van der Waals surface area (Å²) < 4.78 is 5.44. The molecule has 0 aliphatic heterocycles. The SMILES string of the molecule is COc1nc(C#N)ncc1C1C2CC3CC(C2)CC1C3. The Labute approximate surface area is 119 Å². The molecule has 0 atom stereocenters. The van der Waals surface area contributed by atoms with Crippen molar-refractivity contribution >= 4 is 0 Å². The Balaban J connectivity index is 1.72. The Kier molecular flexibility index (Phi) is 2.70. The second kappa shape index (κ2) is 4.44. The van der Waals surface area contributed by atoms with Crippen LogP contribution in [0.2, 0.25) is 0 Å². The minimum atomic E-state index is 0.203. The Morgan fingerprint density at radius 2 is 1.80 bits per heavy atom. The summed E-state index contributed by atoms with van der Waals surface area (Å²) in [4.78, 5) is 8.43. The van der Waals surface area contributed by atoms with E-state index in [4.69, 9.17) is 10.00 Å². The molecule has 0 radical (unpaired) electrons. The van der Waals surface area contributed by atoms with E-state index in [1.807, 2.05) is 12.3 Å². The van der Waals surface area contributed by atoms with Gasteiger partial charge >= 0.3 is 0 Å². The van der Waals surface area contributed by atoms with Crippen molar-refractivity contribution in [1.82, 2.24) is 9.97 Å². The van der Waals surface area contributed by atoms with E-state index in [0.29, 0.717) is 11.8 Å². The van der Waals surface area contributed by atoms with Gasteiger partial charge in [0.15, 0.2) is 0 Å². The third-order valence-corrected chi connectivity index (χ3v) is 5.66. The first-order valence-electron chi connectivity index (χ1n) is 7.59. The van der Waals surface area contributed by atoms with E-state index in [-0.39, 0.29) is 5.82 Å². The topological polar surface area (TPSA) is 58.8 Å². The molecule has 4 saturated carbocycles. The molecule has 0 aromatic carbocycles. The predicted octanol–water partition coefficient (Wildman–Crippen LogP) is 2.90. The van der Waals surface area contributed by atoms with Gasteiger partial charge in [-0.05, 0) is 61.7 Å². The molecule has 0 amide bonds. The fraction of sp³-hybridized carbons (Fsp3) is 0.688. The zero-order valence-corrected chi connectivity index (χ0v) is 11.7. The Morgan fingerprint density at radius 1 is 1.15 bits per heavy atom. The van der Waals surface area contributed by atoms with Crippen molar-refractivity contribution in [1.29, 1.82) is 5.26 Å². The summed E-state index contributed by atoms with van der Waals surface area (Å²) in [5, 5.41) is 8.93. The van der Waals surface area contributed by atoms with Gasteiger partial charge in [0.1, 0.15) is 6.07 Å². The first-order valence-corrected chi connectivity index (χ1v) is 7.59. The summed E-state index contributed by atoms with van der Waals surface area (Å²) >= 11 is 0. The lowest BCUT2D eigenvalue weighted by Crippen LogP contribution is -2.43. The van der Waals surface area contributed by atoms with Gasteiger partial charge < -0.3 is 4.74 Å². The third kappa shape index (κ3) is 1.72. The summed E-state index contributed by atoms with van der Waals surface area (Å²) in [6.07, 6.45) is 8.75. The van der Waals surface area contributed by atoms with Crippen LogP contribution in [0.4, 0.5) is 0 Å². The Bertz CT molecular complexity index is 550. The molecule has 4 bridgehead atoms. The fourth-order valence-electron chi connectivity index (χ4n) is 5.25. The second-order valence-electron chi connectivity index (χ2n) is 6.73. The highest BCUT2D eigenvalue weighted by atomic mass is 16.5. The molecule has 5 rings (SSSR count). The highest BCUT2D eigenvalue weighted by Crippen LogP contribution is 2.60. The lowest BCUT2D eigenvalue weighted by molar-refractivity contribution is -0.00379. The monoisotopic (exact) mass is 269 g/mol. The second-order valence-corrected chi connectivity index (χ2v) is 6.73. The van der Waals surface area contributed by atoms with Crippen molar-refractivity contribution in [3.8, 4) is 11.9 Å². The maximum Gasteiger partial charge on any atom is 0.235 e. The summed E-state index contributed by atoms with van der Waals surface area (Å²) in [5.74, 6) is 4.83. The maximum atomic E-state index is 8.93. The summed E-state index contributed by atoms with van der Waals surface area (Å²) in [5.41, 5.74) is 1.14. The zero-order valence-electron chi connectivity index (χ0n) is 11.7. The highest BCUT2D eigenvalue weighted by molar-refractivity contribution is 5.33. The number of hydrogen-bond acceptors (Lipinski definition) is 4. The van der Waals surface area contributed by atoms with E-state index < -0.39 is 0 Å². The summed E-state index contributed by atoms with van der Waals surface area (Å²) in [7, 11) is 1.64. The van der Waals surface area contributed by atoms with Crippen LogP contribution < -0.4 is 4.74 Å². The van der Waals surface area contributed by atoms with Gasteiger partial charge in [0.05, 0.1) is 7.11 Å². The average Bonchev–Trinajstić information content (AvgIpc) is 2.46. The van der Waals surface area contributed by atoms with Crippen molar-refractivity contribution in [3.05, 3.63) is 17.6 Å². The average molecular weight is 269 g/mol. The van der Waals surface area contributed by atoms with Crippen LogP contribution in [0.1, 0.15) is 49.4 Å². The van der Waals surface area contributed by atoms with Crippen LogP contribution in [0.25, 0.3) is 0 Å². The molecule has 0 spiro atoms. The lowest BCUT2D eigenvalue weighted by Gasteiger charge is -2.54. The van der Waals surface area contributed by atoms with E-state index in [2.05, 4.69) is 9.97 Å². The minimum Gasteiger partial charge on any atom is -0.481 e. The Hall–Kier alpha value is -1.63. The van der Waals surface area contributed by atoms with Gasteiger partial charge in [-0.3, -0.25) is 0 Å². The number of rotatable bonds is 2. The molecular formula is C16H19N3O. The lowest BCUT2D eigenvalue weighted by atomic mass is 9.51. The molecule has 0 N–H and O–H groups in total. The van der Waals surface area contributed by atoms with Gasteiger partial charge in [0.2, 0.25) is 11.7 Å². The molecule has 1 heterocycles. The molecule has 0 saturated heterocycles. The molecule has 0 unspecified atom stereocenters. The van der Waals surface area contributed by atoms with Crippen LogP contribution in [-0.2, 0) is 0 Å². The minimum absolute atomic E-state index is 0.203. The zero-order chi connectivity index (χ0) is 13.7. The Morgan fingerprint density at radius 3 is 2.35 bits per heavy atom. The van der Waals surface area contributed by atoms with Gasteiger partial charge in [-0.2, -0.15) is 10.2 Å². The number of aromatic nitrogens is 2. The summed E-state index contributed by atoms with van der Waals surface area (Å²) in [6.45, 7) is 0. The van der Waals surface area contributed by atoms with Crippen LogP contribution in [0.15, 0.2) is 6.20 Å². The number of nitrogens with zero attached hydrogens (tertiary/aromatic N) is 3. The van der Waals surface area contributed by atoms with Crippen LogP contribution in [-0.4, -0.2) is 17.1 Å². The molecule has 4 heteroatoms. The molecule has 104 valence electrons. The van der Waals surface area contributed by atoms with Crippen molar-refractivity contribution in [2.45, 2.75) is 38.0 Å². The standard InChI is InChI=1S/C16H19N3O/c1-20-16-13(8-18-14(7-17)19-16)15-11-3-9-2-10(5-11)6-12(15)4-9/h8-12,15H,2-6H2,1H3. The van der Waals surface area contributed by atoms with Crippen LogP contribution >= 0.6 is 0 Å². The van der Waals surface area contributed by atoms with Crippen molar-refractivity contribution in [3.63, 3.8) is 0 Å². The molecule has 4 fully saturated rings. The smallest absolute Gasteiger partial charge is 0.235 e. The predicted molar refractivity (Wildman–Crippen MR) is 73.1 cm³/mol. The van der Waals surface area contributed by atoms with Crippen LogP contribution in [0.5, 0.6) is 5.88 Å². The van der Waals surface area contributed by atoms with Crippen molar-refractivity contribution in [2.24, 2.45) is 23.7 Å². The van der Waals surface area contributed by atoms with Gasteiger partial charge in [0.25, 0.3) is 0 Å². The van der Waals surface area contributed by atoms with E-state index in [1.54, 1.807) is 7.11 Å². The first kappa shape index (κ1) is 12.1. The summed E-state index contributed by atoms with van der Waals surface area (Å²) in [6, 6.07) is 1.99.